The molecule has 0 saturated heterocycles. The third-order valence-electron chi connectivity index (χ3n) is 4.35. The third-order valence-corrected chi connectivity index (χ3v) is 4.35. The minimum Gasteiger partial charge on any atom is -0.481 e. The first-order valence-corrected chi connectivity index (χ1v) is 5.82. The van der Waals surface area contributed by atoms with Crippen LogP contribution in [-0.4, -0.2) is 11.1 Å². The molecular formula is C12H20O2. The summed E-state index contributed by atoms with van der Waals surface area (Å²) in [5, 5.41) is 9.38. The summed E-state index contributed by atoms with van der Waals surface area (Å²) >= 11 is 0. The quantitative estimate of drug-likeness (QED) is 0.753. The second kappa shape index (κ2) is 3.25. The summed E-state index contributed by atoms with van der Waals surface area (Å²) in [6, 6.07) is 0. The van der Waals surface area contributed by atoms with E-state index in [-0.39, 0.29) is 5.41 Å². The summed E-state index contributed by atoms with van der Waals surface area (Å²) in [6.45, 7) is 4.31. The largest absolute Gasteiger partial charge is 0.481 e. The molecule has 0 spiro atoms. The van der Waals surface area contributed by atoms with Gasteiger partial charge in [-0.15, -0.1) is 0 Å². The average Bonchev–Trinajstić information content (AvgIpc) is 2.66. The zero-order valence-electron chi connectivity index (χ0n) is 9.12. The van der Waals surface area contributed by atoms with Gasteiger partial charge in [-0.3, -0.25) is 4.79 Å². The molecular weight excluding hydrogens is 176 g/mol. The first-order chi connectivity index (χ1) is 6.59. The molecule has 0 amide bonds. The van der Waals surface area contributed by atoms with Crippen molar-refractivity contribution in [3.05, 3.63) is 0 Å². The van der Waals surface area contributed by atoms with E-state index < -0.39 is 5.97 Å². The Labute approximate surface area is 85.7 Å². The van der Waals surface area contributed by atoms with Gasteiger partial charge in [0.05, 0.1) is 5.41 Å². The van der Waals surface area contributed by atoms with Crippen LogP contribution in [-0.2, 0) is 4.79 Å². The number of rotatable bonds is 3. The number of carbonyl (C=O) groups is 1. The van der Waals surface area contributed by atoms with Crippen molar-refractivity contribution in [2.45, 2.75) is 46.0 Å². The molecule has 0 aliphatic heterocycles. The SMILES string of the molecule is CC(C)C1CC1(C(=O)O)C1CCCC1. The lowest BCUT2D eigenvalue weighted by molar-refractivity contribution is -0.146. The Morgan fingerprint density at radius 2 is 1.93 bits per heavy atom. The molecule has 1 N–H and O–H groups in total. The molecule has 2 aliphatic rings. The van der Waals surface area contributed by atoms with Gasteiger partial charge in [0.1, 0.15) is 0 Å². The van der Waals surface area contributed by atoms with Crippen molar-refractivity contribution in [2.24, 2.45) is 23.2 Å². The molecule has 2 saturated carbocycles. The Morgan fingerprint density at radius 3 is 2.29 bits per heavy atom. The molecule has 2 heteroatoms. The Balaban J connectivity index is 2.13. The maximum Gasteiger partial charge on any atom is 0.310 e. The number of carboxylic acids is 1. The summed E-state index contributed by atoms with van der Waals surface area (Å²) in [5.41, 5.74) is -0.315. The van der Waals surface area contributed by atoms with E-state index in [0.29, 0.717) is 17.8 Å². The van der Waals surface area contributed by atoms with Gasteiger partial charge in [0.25, 0.3) is 0 Å². The highest BCUT2D eigenvalue weighted by molar-refractivity contribution is 5.79. The molecule has 0 heterocycles. The highest BCUT2D eigenvalue weighted by Crippen LogP contribution is 2.64. The molecule has 0 radical (unpaired) electrons. The van der Waals surface area contributed by atoms with Crippen LogP contribution in [0.3, 0.4) is 0 Å². The maximum absolute atomic E-state index is 11.4. The van der Waals surface area contributed by atoms with E-state index in [4.69, 9.17) is 0 Å². The van der Waals surface area contributed by atoms with Crippen LogP contribution in [0.2, 0.25) is 0 Å². The fourth-order valence-electron chi connectivity index (χ4n) is 3.47. The minimum absolute atomic E-state index is 0.315. The van der Waals surface area contributed by atoms with Crippen LogP contribution in [0.15, 0.2) is 0 Å². The summed E-state index contributed by atoms with van der Waals surface area (Å²) in [4.78, 5) is 11.4. The van der Waals surface area contributed by atoms with Crippen molar-refractivity contribution in [1.29, 1.82) is 0 Å². The van der Waals surface area contributed by atoms with Crippen LogP contribution in [0.1, 0.15) is 46.0 Å². The minimum atomic E-state index is -0.525. The van der Waals surface area contributed by atoms with Crippen LogP contribution in [0.5, 0.6) is 0 Å². The lowest BCUT2D eigenvalue weighted by Crippen LogP contribution is -2.27. The average molecular weight is 196 g/mol. The van der Waals surface area contributed by atoms with Crippen LogP contribution in [0.25, 0.3) is 0 Å². The van der Waals surface area contributed by atoms with E-state index in [1.165, 1.54) is 12.8 Å². The van der Waals surface area contributed by atoms with Gasteiger partial charge >= 0.3 is 5.97 Å². The second-order valence-electron chi connectivity index (χ2n) is 5.38. The van der Waals surface area contributed by atoms with E-state index in [1.807, 2.05) is 0 Å². The van der Waals surface area contributed by atoms with Gasteiger partial charge in [0.2, 0.25) is 0 Å². The number of carboxylic acid groups (broad SMARTS) is 1. The van der Waals surface area contributed by atoms with E-state index in [9.17, 15) is 9.90 Å². The predicted octanol–water partition coefficient (Wildman–Crippen LogP) is 2.92. The maximum atomic E-state index is 11.4. The second-order valence-corrected chi connectivity index (χ2v) is 5.38. The van der Waals surface area contributed by atoms with Crippen molar-refractivity contribution < 1.29 is 9.90 Å². The summed E-state index contributed by atoms with van der Waals surface area (Å²) in [6.07, 6.45) is 5.71. The molecule has 2 fully saturated rings. The van der Waals surface area contributed by atoms with Gasteiger partial charge in [-0.25, -0.2) is 0 Å². The fourth-order valence-corrected chi connectivity index (χ4v) is 3.47. The molecule has 0 aromatic carbocycles. The van der Waals surface area contributed by atoms with Gasteiger partial charge in [0.15, 0.2) is 0 Å². The number of hydrogen-bond donors (Lipinski definition) is 1. The molecule has 2 unspecified atom stereocenters. The molecule has 2 nitrogen and oxygen atoms in total. The van der Waals surface area contributed by atoms with Crippen LogP contribution < -0.4 is 0 Å². The lowest BCUT2D eigenvalue weighted by atomic mass is 9.83. The molecule has 80 valence electrons. The fraction of sp³-hybridized carbons (Fsp3) is 0.917. The van der Waals surface area contributed by atoms with Crippen molar-refractivity contribution in [3.8, 4) is 0 Å². The summed E-state index contributed by atoms with van der Waals surface area (Å²) in [5.74, 6) is 0.935. The van der Waals surface area contributed by atoms with Gasteiger partial charge in [-0.1, -0.05) is 26.7 Å². The molecule has 0 aromatic rings. The van der Waals surface area contributed by atoms with E-state index in [0.717, 1.165) is 19.3 Å². The first-order valence-electron chi connectivity index (χ1n) is 5.82. The monoisotopic (exact) mass is 196 g/mol. The van der Waals surface area contributed by atoms with Crippen LogP contribution >= 0.6 is 0 Å². The smallest absolute Gasteiger partial charge is 0.310 e. The van der Waals surface area contributed by atoms with Gasteiger partial charge in [0, 0.05) is 0 Å². The lowest BCUT2D eigenvalue weighted by Gasteiger charge is -2.21. The number of hydrogen-bond acceptors (Lipinski definition) is 1. The van der Waals surface area contributed by atoms with Gasteiger partial charge in [-0.2, -0.15) is 0 Å². The molecule has 2 atom stereocenters. The Morgan fingerprint density at radius 1 is 1.36 bits per heavy atom. The highest BCUT2D eigenvalue weighted by Gasteiger charge is 2.65. The first kappa shape index (κ1) is 10.0. The summed E-state index contributed by atoms with van der Waals surface area (Å²) in [7, 11) is 0. The predicted molar refractivity (Wildman–Crippen MR) is 55.0 cm³/mol. The molecule has 0 bridgehead atoms. The Bertz CT molecular complexity index is 241. The van der Waals surface area contributed by atoms with Crippen molar-refractivity contribution >= 4 is 5.97 Å². The van der Waals surface area contributed by atoms with Crippen molar-refractivity contribution in [1.82, 2.24) is 0 Å². The molecule has 2 aliphatic carbocycles. The normalized spacial score (nSPS) is 37.8. The number of aliphatic carboxylic acids is 1. The van der Waals surface area contributed by atoms with Gasteiger partial charge in [-0.05, 0) is 37.0 Å². The van der Waals surface area contributed by atoms with E-state index in [1.54, 1.807) is 0 Å². The molecule has 0 aromatic heterocycles. The van der Waals surface area contributed by atoms with Crippen molar-refractivity contribution in [2.75, 3.05) is 0 Å². The Kier molecular flexibility index (Phi) is 2.32. The topological polar surface area (TPSA) is 37.3 Å². The standard InChI is InChI=1S/C12H20O2/c1-8(2)10-7-12(10,11(13)14)9-5-3-4-6-9/h8-10H,3-7H2,1-2H3,(H,13,14). The third kappa shape index (κ3) is 1.27. The highest BCUT2D eigenvalue weighted by atomic mass is 16.4. The molecule has 14 heavy (non-hydrogen) atoms. The van der Waals surface area contributed by atoms with E-state index >= 15 is 0 Å². The van der Waals surface area contributed by atoms with Crippen molar-refractivity contribution in [3.63, 3.8) is 0 Å². The Hall–Kier alpha value is -0.530. The zero-order chi connectivity index (χ0) is 10.3. The zero-order valence-corrected chi connectivity index (χ0v) is 9.12. The van der Waals surface area contributed by atoms with Crippen LogP contribution in [0, 0.1) is 23.2 Å². The van der Waals surface area contributed by atoms with Crippen LogP contribution in [0.4, 0.5) is 0 Å². The molecule has 2 rings (SSSR count). The van der Waals surface area contributed by atoms with E-state index in [2.05, 4.69) is 13.8 Å². The summed E-state index contributed by atoms with van der Waals surface area (Å²) < 4.78 is 0. The van der Waals surface area contributed by atoms with Gasteiger partial charge < -0.3 is 5.11 Å².